The maximum absolute atomic E-state index is 12.0. The summed E-state index contributed by atoms with van der Waals surface area (Å²) in [6.45, 7) is 6.03. The van der Waals surface area contributed by atoms with Crippen molar-refractivity contribution in [2.24, 2.45) is 0 Å². The summed E-state index contributed by atoms with van der Waals surface area (Å²) >= 11 is 0. The van der Waals surface area contributed by atoms with Crippen LogP contribution in [0.2, 0.25) is 0 Å². The van der Waals surface area contributed by atoms with Gasteiger partial charge in [0, 0.05) is 17.5 Å². The summed E-state index contributed by atoms with van der Waals surface area (Å²) in [4.78, 5) is 12.0. The number of carbonyl (C=O) groups excluding carboxylic acids is 1. The molecule has 21 heavy (non-hydrogen) atoms. The number of carbonyl (C=O) groups is 1. The van der Waals surface area contributed by atoms with Crippen LogP contribution < -0.4 is 5.32 Å². The minimum atomic E-state index is -0.847. The first-order chi connectivity index (χ1) is 9.91. The quantitative estimate of drug-likeness (QED) is 0.859. The highest BCUT2D eigenvalue weighted by Crippen LogP contribution is 2.22. The smallest absolute Gasteiger partial charge is 0.224 e. The van der Waals surface area contributed by atoms with Crippen molar-refractivity contribution in [3.63, 3.8) is 0 Å². The molecule has 0 aliphatic rings. The molecule has 4 nitrogen and oxygen atoms in total. The zero-order valence-electron chi connectivity index (χ0n) is 12.9. The lowest BCUT2D eigenvalue weighted by molar-refractivity contribution is -0.121. The molecular formula is C17H23NO3. The number of aryl methyl sites for hydroxylation is 1. The average Bonchev–Trinajstić information content (AvgIpc) is 2.79. The van der Waals surface area contributed by atoms with E-state index in [4.69, 9.17) is 4.42 Å². The van der Waals surface area contributed by atoms with Crippen LogP contribution in [0.3, 0.4) is 0 Å². The van der Waals surface area contributed by atoms with Crippen LogP contribution in [0.25, 0.3) is 11.0 Å². The first-order valence-electron chi connectivity index (χ1n) is 7.37. The van der Waals surface area contributed by atoms with Gasteiger partial charge in [-0.05, 0) is 31.9 Å². The van der Waals surface area contributed by atoms with Crippen molar-refractivity contribution in [2.45, 2.75) is 45.6 Å². The van der Waals surface area contributed by atoms with Gasteiger partial charge in [0.2, 0.25) is 5.91 Å². The van der Waals surface area contributed by atoms with Crippen LogP contribution in [0.5, 0.6) is 0 Å². The lowest BCUT2D eigenvalue weighted by Gasteiger charge is -2.22. The number of hydrogen-bond donors (Lipinski definition) is 2. The van der Waals surface area contributed by atoms with Crippen molar-refractivity contribution >= 4 is 16.9 Å². The lowest BCUT2D eigenvalue weighted by Crippen LogP contribution is -2.41. The summed E-state index contributed by atoms with van der Waals surface area (Å²) in [6, 6.07) is 5.94. The van der Waals surface area contributed by atoms with Crippen molar-refractivity contribution in [3.8, 4) is 0 Å². The molecule has 1 heterocycles. The Bertz CT molecular complexity index is 628. The molecule has 0 aliphatic heterocycles. The van der Waals surface area contributed by atoms with E-state index in [0.29, 0.717) is 6.42 Å². The molecule has 1 atom stereocenters. The second-order valence-electron chi connectivity index (χ2n) is 5.96. The van der Waals surface area contributed by atoms with E-state index in [1.54, 1.807) is 13.2 Å². The van der Waals surface area contributed by atoms with E-state index in [2.05, 4.69) is 5.32 Å². The second-order valence-corrected chi connectivity index (χ2v) is 5.96. The average molecular weight is 289 g/mol. The Labute approximate surface area is 125 Å². The number of rotatable bonds is 6. The second kappa shape index (κ2) is 6.31. The molecule has 0 bridgehead atoms. The zero-order chi connectivity index (χ0) is 15.5. The van der Waals surface area contributed by atoms with Gasteiger partial charge in [-0.15, -0.1) is 0 Å². The van der Waals surface area contributed by atoms with Crippen molar-refractivity contribution in [1.29, 1.82) is 0 Å². The minimum absolute atomic E-state index is 0.102. The lowest BCUT2D eigenvalue weighted by atomic mass is 10.0. The van der Waals surface area contributed by atoms with Gasteiger partial charge in [0.05, 0.1) is 18.3 Å². The Balaban J connectivity index is 1.99. The van der Waals surface area contributed by atoms with Gasteiger partial charge in [0.1, 0.15) is 5.58 Å². The number of aliphatic hydroxyl groups is 1. The molecule has 1 aromatic heterocycles. The summed E-state index contributed by atoms with van der Waals surface area (Å²) in [5.74, 6) is -0.102. The number of nitrogens with one attached hydrogen (secondary N) is 1. The summed E-state index contributed by atoms with van der Waals surface area (Å²) in [5, 5.41) is 13.8. The topological polar surface area (TPSA) is 62.5 Å². The van der Waals surface area contributed by atoms with Crippen LogP contribution in [0, 0.1) is 6.92 Å². The van der Waals surface area contributed by atoms with Crippen LogP contribution in [0.1, 0.15) is 37.8 Å². The monoisotopic (exact) mass is 289 g/mol. The predicted octanol–water partition coefficient (Wildman–Crippen LogP) is 2.95. The minimum Gasteiger partial charge on any atom is -0.464 e. The van der Waals surface area contributed by atoms with Crippen LogP contribution in [-0.4, -0.2) is 23.2 Å². The van der Waals surface area contributed by atoms with Crippen LogP contribution in [0.15, 0.2) is 28.9 Å². The molecule has 0 saturated heterocycles. The molecule has 0 spiro atoms. The highest BCUT2D eigenvalue weighted by atomic mass is 16.3. The Morgan fingerprint density at radius 3 is 2.90 bits per heavy atom. The number of hydrogen-bond acceptors (Lipinski definition) is 3. The normalized spacial score (nSPS) is 14.1. The van der Waals surface area contributed by atoms with Gasteiger partial charge in [-0.25, -0.2) is 0 Å². The van der Waals surface area contributed by atoms with Crippen molar-refractivity contribution in [3.05, 3.63) is 35.6 Å². The van der Waals surface area contributed by atoms with E-state index in [1.807, 2.05) is 32.0 Å². The molecule has 0 aliphatic carbocycles. The van der Waals surface area contributed by atoms with Crippen molar-refractivity contribution in [1.82, 2.24) is 5.32 Å². The Hall–Kier alpha value is -1.81. The summed E-state index contributed by atoms with van der Waals surface area (Å²) in [7, 11) is 0. The zero-order valence-corrected chi connectivity index (χ0v) is 12.9. The molecule has 2 aromatic rings. The SMILES string of the molecule is CCCC(C)(O)CNC(=O)Cc1coc2cc(C)ccc12. The number of amides is 1. The van der Waals surface area contributed by atoms with Gasteiger partial charge >= 0.3 is 0 Å². The highest BCUT2D eigenvalue weighted by Gasteiger charge is 2.20. The summed E-state index contributed by atoms with van der Waals surface area (Å²) < 4.78 is 5.49. The Morgan fingerprint density at radius 2 is 2.19 bits per heavy atom. The Morgan fingerprint density at radius 1 is 1.43 bits per heavy atom. The standard InChI is InChI=1S/C17H23NO3/c1-4-7-17(3,20)11-18-16(19)9-13-10-21-15-8-12(2)5-6-14(13)15/h5-6,8,10,20H,4,7,9,11H2,1-3H3,(H,18,19). The third-order valence-corrected chi connectivity index (χ3v) is 3.62. The van der Waals surface area contributed by atoms with Gasteiger partial charge in [0.25, 0.3) is 0 Å². The van der Waals surface area contributed by atoms with Gasteiger partial charge in [0.15, 0.2) is 0 Å². The molecule has 0 radical (unpaired) electrons. The van der Waals surface area contributed by atoms with E-state index in [0.717, 1.165) is 28.5 Å². The molecule has 1 aromatic carbocycles. The first kappa shape index (κ1) is 15.6. The maximum Gasteiger partial charge on any atom is 0.224 e. The molecule has 1 amide bonds. The molecule has 0 saturated carbocycles. The summed E-state index contributed by atoms with van der Waals surface area (Å²) in [6.07, 6.45) is 3.45. The fraction of sp³-hybridized carbons (Fsp3) is 0.471. The molecular weight excluding hydrogens is 266 g/mol. The largest absolute Gasteiger partial charge is 0.464 e. The molecule has 4 heteroatoms. The fourth-order valence-electron chi connectivity index (χ4n) is 2.48. The van der Waals surface area contributed by atoms with E-state index in [1.165, 1.54) is 0 Å². The highest BCUT2D eigenvalue weighted by molar-refractivity contribution is 5.87. The van der Waals surface area contributed by atoms with Gasteiger partial charge < -0.3 is 14.8 Å². The number of fused-ring (bicyclic) bond motifs is 1. The molecule has 114 valence electrons. The predicted molar refractivity (Wildman–Crippen MR) is 83.2 cm³/mol. The van der Waals surface area contributed by atoms with E-state index in [9.17, 15) is 9.90 Å². The first-order valence-corrected chi connectivity index (χ1v) is 7.37. The third kappa shape index (κ3) is 4.08. The number of furan rings is 1. The number of benzene rings is 1. The van der Waals surface area contributed by atoms with Crippen LogP contribution >= 0.6 is 0 Å². The van der Waals surface area contributed by atoms with Crippen LogP contribution in [0.4, 0.5) is 0 Å². The van der Waals surface area contributed by atoms with Gasteiger partial charge in [-0.1, -0.05) is 25.5 Å². The van der Waals surface area contributed by atoms with Crippen molar-refractivity contribution in [2.75, 3.05) is 6.54 Å². The van der Waals surface area contributed by atoms with Crippen molar-refractivity contribution < 1.29 is 14.3 Å². The molecule has 2 rings (SSSR count). The van der Waals surface area contributed by atoms with Gasteiger partial charge in [-0.3, -0.25) is 4.79 Å². The molecule has 2 N–H and O–H groups in total. The summed E-state index contributed by atoms with van der Waals surface area (Å²) in [5.41, 5.74) is 1.96. The van der Waals surface area contributed by atoms with E-state index in [-0.39, 0.29) is 18.9 Å². The fourth-order valence-corrected chi connectivity index (χ4v) is 2.48. The van der Waals surface area contributed by atoms with E-state index >= 15 is 0 Å². The molecule has 1 unspecified atom stereocenters. The molecule has 0 fully saturated rings. The maximum atomic E-state index is 12.0. The van der Waals surface area contributed by atoms with E-state index < -0.39 is 5.60 Å². The Kier molecular flexibility index (Phi) is 4.68. The third-order valence-electron chi connectivity index (χ3n) is 3.62. The van der Waals surface area contributed by atoms with Crippen LogP contribution in [-0.2, 0) is 11.2 Å². The van der Waals surface area contributed by atoms with Gasteiger partial charge in [-0.2, -0.15) is 0 Å².